The van der Waals surface area contributed by atoms with Crippen molar-refractivity contribution in [3.63, 3.8) is 0 Å². The summed E-state index contributed by atoms with van der Waals surface area (Å²) in [4.78, 5) is 36.0. The van der Waals surface area contributed by atoms with Crippen LogP contribution in [-0.4, -0.2) is 35.9 Å². The molecule has 0 radical (unpaired) electrons. The Labute approximate surface area is 146 Å². The van der Waals surface area contributed by atoms with Crippen molar-refractivity contribution in [1.29, 1.82) is 0 Å². The standard InChI is InChI=1S/C17H23N3O5/c1-11(2)4-5-12(3)18-16(21)9-19-14-8-13(20(23)24)6-7-15(14)25-10-17(19)22/h6-8,11-12H,4-5,9-10H2,1-3H3,(H,18,21). The first kappa shape index (κ1) is 18.7. The summed E-state index contributed by atoms with van der Waals surface area (Å²) in [6, 6.07) is 3.99. The van der Waals surface area contributed by atoms with E-state index in [0.717, 1.165) is 12.8 Å². The maximum atomic E-state index is 12.3. The second-order valence-corrected chi connectivity index (χ2v) is 6.62. The van der Waals surface area contributed by atoms with E-state index in [1.807, 2.05) is 6.92 Å². The Kier molecular flexibility index (Phi) is 5.95. The summed E-state index contributed by atoms with van der Waals surface area (Å²) in [5.74, 6) is 0.195. The molecule has 0 spiro atoms. The second-order valence-electron chi connectivity index (χ2n) is 6.62. The van der Waals surface area contributed by atoms with Gasteiger partial charge in [-0.1, -0.05) is 13.8 Å². The summed E-state index contributed by atoms with van der Waals surface area (Å²) >= 11 is 0. The van der Waals surface area contributed by atoms with Gasteiger partial charge in [0.1, 0.15) is 12.3 Å². The molecule has 1 heterocycles. The van der Waals surface area contributed by atoms with Gasteiger partial charge in [-0.2, -0.15) is 0 Å². The lowest BCUT2D eigenvalue weighted by molar-refractivity contribution is -0.384. The van der Waals surface area contributed by atoms with E-state index in [1.54, 1.807) is 0 Å². The molecule has 2 rings (SSSR count). The van der Waals surface area contributed by atoms with Gasteiger partial charge >= 0.3 is 0 Å². The number of ether oxygens (including phenoxy) is 1. The molecule has 25 heavy (non-hydrogen) atoms. The zero-order chi connectivity index (χ0) is 18.6. The molecule has 1 N–H and O–H groups in total. The zero-order valence-electron chi connectivity index (χ0n) is 14.7. The molecule has 1 aromatic carbocycles. The van der Waals surface area contributed by atoms with Crippen LogP contribution in [0.4, 0.5) is 11.4 Å². The first-order chi connectivity index (χ1) is 11.8. The number of benzene rings is 1. The predicted octanol–water partition coefficient (Wildman–Crippen LogP) is 2.26. The Hall–Kier alpha value is -2.64. The number of hydrogen-bond donors (Lipinski definition) is 1. The molecule has 1 unspecified atom stereocenters. The van der Waals surface area contributed by atoms with E-state index >= 15 is 0 Å². The van der Waals surface area contributed by atoms with E-state index in [4.69, 9.17) is 4.74 Å². The molecule has 0 saturated heterocycles. The van der Waals surface area contributed by atoms with Gasteiger partial charge in [0.15, 0.2) is 6.61 Å². The van der Waals surface area contributed by atoms with Gasteiger partial charge < -0.3 is 10.1 Å². The normalized spacial score (nSPS) is 14.7. The van der Waals surface area contributed by atoms with Crippen molar-refractivity contribution >= 4 is 23.2 Å². The Morgan fingerprint density at radius 3 is 2.72 bits per heavy atom. The minimum Gasteiger partial charge on any atom is -0.482 e. The molecule has 1 atom stereocenters. The van der Waals surface area contributed by atoms with Crippen LogP contribution in [0.2, 0.25) is 0 Å². The number of carbonyl (C=O) groups excluding carboxylic acids is 2. The van der Waals surface area contributed by atoms with E-state index in [9.17, 15) is 19.7 Å². The van der Waals surface area contributed by atoms with Gasteiger partial charge in [-0.15, -0.1) is 0 Å². The molecule has 0 saturated carbocycles. The average molecular weight is 349 g/mol. The van der Waals surface area contributed by atoms with Crippen LogP contribution >= 0.6 is 0 Å². The number of nitrogens with zero attached hydrogens (tertiary/aromatic N) is 2. The van der Waals surface area contributed by atoms with Crippen LogP contribution in [0.1, 0.15) is 33.6 Å². The highest BCUT2D eigenvalue weighted by Crippen LogP contribution is 2.35. The first-order valence-electron chi connectivity index (χ1n) is 8.29. The highest BCUT2D eigenvalue weighted by atomic mass is 16.6. The maximum Gasteiger partial charge on any atom is 0.271 e. The molecule has 0 fully saturated rings. The van der Waals surface area contributed by atoms with Crippen LogP contribution in [0.25, 0.3) is 0 Å². The molecule has 1 aromatic rings. The molecule has 8 nitrogen and oxygen atoms in total. The number of hydrogen-bond acceptors (Lipinski definition) is 5. The van der Waals surface area contributed by atoms with Crippen molar-refractivity contribution in [2.75, 3.05) is 18.1 Å². The fourth-order valence-electron chi connectivity index (χ4n) is 2.60. The topological polar surface area (TPSA) is 102 Å². The SMILES string of the molecule is CC(C)CCC(C)NC(=O)CN1C(=O)COc2ccc([N+](=O)[O-])cc21. The third-order valence-corrected chi connectivity index (χ3v) is 3.98. The van der Waals surface area contributed by atoms with Crippen molar-refractivity contribution in [3.8, 4) is 5.75 Å². The maximum absolute atomic E-state index is 12.3. The van der Waals surface area contributed by atoms with E-state index in [2.05, 4.69) is 19.2 Å². The highest BCUT2D eigenvalue weighted by Gasteiger charge is 2.29. The fourth-order valence-corrected chi connectivity index (χ4v) is 2.60. The number of nitrogens with one attached hydrogen (secondary N) is 1. The lowest BCUT2D eigenvalue weighted by Gasteiger charge is -2.29. The fraction of sp³-hybridized carbons (Fsp3) is 0.529. The Bertz CT molecular complexity index is 674. The zero-order valence-corrected chi connectivity index (χ0v) is 14.7. The van der Waals surface area contributed by atoms with E-state index < -0.39 is 10.8 Å². The van der Waals surface area contributed by atoms with Gasteiger partial charge in [0.2, 0.25) is 5.91 Å². The molecule has 0 aromatic heterocycles. The lowest BCUT2D eigenvalue weighted by Crippen LogP contribution is -2.46. The average Bonchev–Trinajstić information content (AvgIpc) is 2.55. The van der Waals surface area contributed by atoms with Crippen LogP contribution in [-0.2, 0) is 9.59 Å². The van der Waals surface area contributed by atoms with Crippen LogP contribution in [0.5, 0.6) is 5.75 Å². The van der Waals surface area contributed by atoms with Crippen molar-refractivity contribution in [1.82, 2.24) is 5.32 Å². The highest BCUT2D eigenvalue weighted by molar-refractivity contribution is 6.02. The minimum atomic E-state index is -0.550. The Morgan fingerprint density at radius 1 is 1.36 bits per heavy atom. The van der Waals surface area contributed by atoms with Gasteiger partial charge in [-0.05, 0) is 31.7 Å². The van der Waals surface area contributed by atoms with Crippen LogP contribution in [0.15, 0.2) is 18.2 Å². The molecule has 0 aliphatic carbocycles. The van der Waals surface area contributed by atoms with Crippen LogP contribution in [0.3, 0.4) is 0 Å². The first-order valence-corrected chi connectivity index (χ1v) is 8.29. The van der Waals surface area contributed by atoms with E-state index in [-0.39, 0.29) is 36.5 Å². The predicted molar refractivity (Wildman–Crippen MR) is 92.6 cm³/mol. The number of anilines is 1. The third kappa shape index (κ3) is 4.91. The number of fused-ring (bicyclic) bond motifs is 1. The number of nitro benzene ring substituents is 1. The number of carbonyl (C=O) groups is 2. The van der Waals surface area contributed by atoms with Gasteiger partial charge in [0.25, 0.3) is 11.6 Å². The Balaban J connectivity index is 2.09. The number of rotatable bonds is 7. The second kappa shape index (κ2) is 7.96. The smallest absolute Gasteiger partial charge is 0.271 e. The van der Waals surface area contributed by atoms with Crippen molar-refractivity contribution in [3.05, 3.63) is 28.3 Å². The number of non-ortho nitro benzene ring substituents is 1. The molecular formula is C17H23N3O5. The third-order valence-electron chi connectivity index (χ3n) is 3.98. The molecule has 8 heteroatoms. The summed E-state index contributed by atoms with van der Waals surface area (Å²) in [5, 5.41) is 13.8. The van der Waals surface area contributed by atoms with Gasteiger partial charge in [0.05, 0.1) is 10.6 Å². The Morgan fingerprint density at radius 2 is 2.08 bits per heavy atom. The minimum absolute atomic E-state index is 0.00405. The van der Waals surface area contributed by atoms with E-state index in [0.29, 0.717) is 11.7 Å². The van der Waals surface area contributed by atoms with Crippen molar-refractivity contribution < 1.29 is 19.2 Å². The monoisotopic (exact) mass is 349 g/mol. The van der Waals surface area contributed by atoms with Crippen LogP contribution in [0, 0.1) is 16.0 Å². The molecule has 136 valence electrons. The summed E-state index contributed by atoms with van der Waals surface area (Å²) in [6.07, 6.45) is 1.84. The molecule has 1 aliphatic heterocycles. The summed E-state index contributed by atoms with van der Waals surface area (Å²) in [6.45, 7) is 5.76. The van der Waals surface area contributed by atoms with Gasteiger partial charge in [0, 0.05) is 18.2 Å². The van der Waals surface area contributed by atoms with Gasteiger partial charge in [-0.3, -0.25) is 24.6 Å². The molecule has 0 bridgehead atoms. The molecule has 2 amide bonds. The van der Waals surface area contributed by atoms with E-state index in [1.165, 1.54) is 23.1 Å². The van der Waals surface area contributed by atoms with Crippen molar-refractivity contribution in [2.24, 2.45) is 5.92 Å². The number of nitro groups is 1. The molecular weight excluding hydrogens is 326 g/mol. The largest absolute Gasteiger partial charge is 0.482 e. The lowest BCUT2D eigenvalue weighted by atomic mass is 10.0. The molecule has 1 aliphatic rings. The summed E-state index contributed by atoms with van der Waals surface area (Å²) in [7, 11) is 0. The van der Waals surface area contributed by atoms with Crippen molar-refractivity contribution in [2.45, 2.75) is 39.7 Å². The summed E-state index contributed by atoms with van der Waals surface area (Å²) < 4.78 is 5.28. The van der Waals surface area contributed by atoms with Gasteiger partial charge in [-0.25, -0.2) is 0 Å². The van der Waals surface area contributed by atoms with Crippen LogP contribution < -0.4 is 15.0 Å². The number of amides is 2. The quantitative estimate of drug-likeness (QED) is 0.601. The summed E-state index contributed by atoms with van der Waals surface area (Å²) in [5.41, 5.74) is 0.0863.